The molecule has 0 radical (unpaired) electrons. The van der Waals surface area contributed by atoms with Crippen LogP contribution in [-0.2, 0) is 16.0 Å². The number of hydrogen-bond acceptors (Lipinski definition) is 6. The number of rotatable bonds is 6. The first-order valence-electron chi connectivity index (χ1n) is 10.3. The maximum Gasteiger partial charge on any atom is 0.226 e. The highest BCUT2D eigenvalue weighted by Gasteiger charge is 2.14. The van der Waals surface area contributed by atoms with Gasteiger partial charge in [-0.3, -0.25) is 9.59 Å². The molecule has 0 aliphatic heterocycles. The van der Waals surface area contributed by atoms with Crippen LogP contribution in [0.3, 0.4) is 0 Å². The molecule has 0 saturated heterocycles. The fourth-order valence-electron chi connectivity index (χ4n) is 3.61. The zero-order chi connectivity index (χ0) is 22.8. The van der Waals surface area contributed by atoms with E-state index in [1.807, 2.05) is 61.0 Å². The van der Waals surface area contributed by atoms with E-state index in [2.05, 4.69) is 25.7 Å². The predicted molar refractivity (Wildman–Crippen MR) is 126 cm³/mol. The van der Waals surface area contributed by atoms with E-state index in [1.165, 1.54) is 18.3 Å². The molecule has 0 aliphatic carbocycles. The highest BCUT2D eigenvalue weighted by Crippen LogP contribution is 2.26. The number of carbonyl (C=O) groups is 2. The van der Waals surface area contributed by atoms with E-state index in [9.17, 15) is 9.59 Å². The van der Waals surface area contributed by atoms with Gasteiger partial charge in [0, 0.05) is 47.4 Å². The summed E-state index contributed by atoms with van der Waals surface area (Å²) in [6.45, 7) is 7.38. The van der Waals surface area contributed by atoms with Crippen LogP contribution in [0.15, 0.2) is 35.7 Å². The number of thiazole rings is 1. The van der Waals surface area contributed by atoms with Gasteiger partial charge in [-0.25, -0.2) is 14.5 Å². The van der Waals surface area contributed by atoms with Gasteiger partial charge in [-0.2, -0.15) is 5.10 Å². The first-order valence-corrected chi connectivity index (χ1v) is 11.1. The van der Waals surface area contributed by atoms with Crippen LogP contribution in [0, 0.1) is 20.8 Å². The minimum atomic E-state index is -0.114. The van der Waals surface area contributed by atoms with Crippen molar-refractivity contribution in [1.29, 1.82) is 0 Å². The molecule has 32 heavy (non-hydrogen) atoms. The first kappa shape index (κ1) is 21.6. The van der Waals surface area contributed by atoms with E-state index in [4.69, 9.17) is 0 Å². The van der Waals surface area contributed by atoms with E-state index >= 15 is 0 Å². The van der Waals surface area contributed by atoms with Crippen LogP contribution < -0.4 is 10.6 Å². The topological polar surface area (TPSA) is 101 Å². The Morgan fingerprint density at radius 1 is 1.06 bits per heavy atom. The van der Waals surface area contributed by atoms with Crippen molar-refractivity contribution in [3.63, 3.8) is 0 Å². The summed E-state index contributed by atoms with van der Waals surface area (Å²) < 4.78 is 1.83. The molecular formula is C23H24N6O2S. The van der Waals surface area contributed by atoms with E-state index in [-0.39, 0.29) is 11.8 Å². The Morgan fingerprint density at radius 3 is 2.53 bits per heavy atom. The smallest absolute Gasteiger partial charge is 0.226 e. The molecule has 0 aliphatic rings. The molecule has 0 fully saturated rings. The van der Waals surface area contributed by atoms with Crippen LogP contribution in [0.1, 0.15) is 36.0 Å². The molecule has 0 bridgehead atoms. The van der Waals surface area contributed by atoms with Crippen molar-refractivity contribution in [3.8, 4) is 11.3 Å². The Kier molecular flexibility index (Phi) is 6.00. The van der Waals surface area contributed by atoms with Gasteiger partial charge in [0.25, 0.3) is 0 Å². The molecule has 2 N–H and O–H groups in total. The van der Waals surface area contributed by atoms with Crippen molar-refractivity contribution in [2.45, 2.75) is 40.5 Å². The van der Waals surface area contributed by atoms with E-state index in [1.54, 1.807) is 0 Å². The summed E-state index contributed by atoms with van der Waals surface area (Å²) in [5.74, 6) is -0.209. The third-order valence-electron chi connectivity index (χ3n) is 5.14. The molecule has 164 valence electrons. The molecule has 2 amide bonds. The number of anilines is 2. The van der Waals surface area contributed by atoms with Crippen molar-refractivity contribution >= 4 is 39.6 Å². The second kappa shape index (κ2) is 8.88. The monoisotopic (exact) mass is 448 g/mol. The molecule has 0 spiro atoms. The molecule has 0 unspecified atom stereocenters. The highest BCUT2D eigenvalue weighted by atomic mass is 32.1. The van der Waals surface area contributed by atoms with Crippen molar-refractivity contribution in [2.75, 3.05) is 10.6 Å². The maximum atomic E-state index is 12.5. The minimum Gasteiger partial charge on any atom is -0.326 e. The van der Waals surface area contributed by atoms with E-state index in [0.29, 0.717) is 18.0 Å². The largest absolute Gasteiger partial charge is 0.326 e. The summed E-state index contributed by atoms with van der Waals surface area (Å²) in [4.78, 5) is 32.8. The number of hydrogen-bond donors (Lipinski definition) is 2. The summed E-state index contributed by atoms with van der Waals surface area (Å²) >= 11 is 1.38. The van der Waals surface area contributed by atoms with Crippen molar-refractivity contribution in [3.05, 3.63) is 58.4 Å². The van der Waals surface area contributed by atoms with Gasteiger partial charge in [0.1, 0.15) is 0 Å². The number of aromatic nitrogens is 4. The number of fused-ring (bicyclic) bond motifs is 1. The zero-order valence-electron chi connectivity index (χ0n) is 18.4. The molecular weight excluding hydrogens is 424 g/mol. The number of amides is 2. The quantitative estimate of drug-likeness (QED) is 0.458. The lowest BCUT2D eigenvalue weighted by Gasteiger charge is -2.10. The molecule has 0 saturated carbocycles. The van der Waals surface area contributed by atoms with Gasteiger partial charge in [-0.05, 0) is 44.9 Å². The van der Waals surface area contributed by atoms with Crippen LogP contribution in [0.25, 0.3) is 16.9 Å². The normalized spacial score (nSPS) is 11.0. The average molecular weight is 449 g/mol. The lowest BCUT2D eigenvalue weighted by Crippen LogP contribution is -2.14. The van der Waals surface area contributed by atoms with Crippen LogP contribution in [0.5, 0.6) is 0 Å². The molecule has 4 aromatic rings. The van der Waals surface area contributed by atoms with Crippen molar-refractivity contribution < 1.29 is 9.59 Å². The molecule has 1 aromatic carbocycles. The summed E-state index contributed by atoms with van der Waals surface area (Å²) in [7, 11) is 0. The maximum absolute atomic E-state index is 12.5. The van der Waals surface area contributed by atoms with Crippen molar-refractivity contribution in [1.82, 2.24) is 19.6 Å². The fourth-order valence-corrected chi connectivity index (χ4v) is 4.35. The standard InChI is InChI=1S/C23H24N6O2S/c1-13-11-21-24-14(2)19(15(3)29(21)28-13)9-10-22(31)27-23-26-20(12-32-23)17-5-7-18(8-6-17)25-16(4)30/h5-8,11-12H,9-10H2,1-4H3,(H,25,30)(H,26,27,31). The Balaban J connectivity index is 1.40. The van der Waals surface area contributed by atoms with Gasteiger partial charge in [0.15, 0.2) is 10.8 Å². The van der Waals surface area contributed by atoms with Crippen molar-refractivity contribution in [2.24, 2.45) is 0 Å². The molecule has 4 rings (SSSR count). The van der Waals surface area contributed by atoms with Gasteiger partial charge in [0.2, 0.25) is 11.8 Å². The summed E-state index contributed by atoms with van der Waals surface area (Å²) in [5.41, 5.74) is 7.12. The highest BCUT2D eigenvalue weighted by molar-refractivity contribution is 7.14. The Labute approximate surface area is 189 Å². The lowest BCUT2D eigenvalue weighted by atomic mass is 10.1. The van der Waals surface area contributed by atoms with Crippen LogP contribution in [-0.4, -0.2) is 31.4 Å². The number of aryl methyl sites for hydroxylation is 3. The lowest BCUT2D eigenvalue weighted by molar-refractivity contribution is -0.116. The van der Waals surface area contributed by atoms with Gasteiger partial charge in [0.05, 0.1) is 11.4 Å². The van der Waals surface area contributed by atoms with Gasteiger partial charge >= 0.3 is 0 Å². The zero-order valence-corrected chi connectivity index (χ0v) is 19.2. The third-order valence-corrected chi connectivity index (χ3v) is 5.90. The van der Waals surface area contributed by atoms with Gasteiger partial charge < -0.3 is 10.6 Å². The summed E-state index contributed by atoms with van der Waals surface area (Å²) in [6.07, 6.45) is 0.906. The molecule has 3 aromatic heterocycles. The number of carbonyl (C=O) groups excluding carboxylic acids is 2. The van der Waals surface area contributed by atoms with Crippen LogP contribution in [0.2, 0.25) is 0 Å². The first-order chi connectivity index (χ1) is 15.3. The molecule has 3 heterocycles. The third kappa shape index (κ3) is 4.67. The number of nitrogens with zero attached hydrogens (tertiary/aromatic N) is 4. The Bertz CT molecular complexity index is 1310. The predicted octanol–water partition coefficient (Wildman–Crippen LogP) is 4.31. The van der Waals surface area contributed by atoms with Gasteiger partial charge in [-0.1, -0.05) is 12.1 Å². The molecule has 0 atom stereocenters. The molecule has 8 nitrogen and oxygen atoms in total. The Hall–Kier alpha value is -3.59. The van der Waals surface area contributed by atoms with Crippen LogP contribution in [0.4, 0.5) is 10.8 Å². The van der Waals surface area contributed by atoms with Crippen LogP contribution >= 0.6 is 11.3 Å². The second-order valence-corrected chi connectivity index (χ2v) is 8.52. The van der Waals surface area contributed by atoms with E-state index < -0.39 is 0 Å². The van der Waals surface area contributed by atoms with E-state index in [0.717, 1.165) is 45.2 Å². The number of nitrogens with one attached hydrogen (secondary N) is 2. The minimum absolute atomic E-state index is 0.0950. The summed E-state index contributed by atoms with van der Waals surface area (Å²) in [5, 5.41) is 12.6. The molecule has 9 heteroatoms. The Morgan fingerprint density at radius 2 is 1.81 bits per heavy atom. The number of benzene rings is 1. The SMILES string of the molecule is CC(=O)Nc1ccc(-c2csc(NC(=O)CCc3c(C)nc4cc(C)nn4c3C)n2)cc1. The summed E-state index contributed by atoms with van der Waals surface area (Å²) in [6, 6.07) is 9.37. The fraction of sp³-hybridized carbons (Fsp3) is 0.261. The second-order valence-electron chi connectivity index (χ2n) is 7.66. The average Bonchev–Trinajstić information content (AvgIpc) is 3.34. The van der Waals surface area contributed by atoms with Gasteiger partial charge in [-0.15, -0.1) is 11.3 Å².